The first-order chi connectivity index (χ1) is 18.5. The van der Waals surface area contributed by atoms with Crippen molar-refractivity contribution >= 4 is 18.0 Å². The summed E-state index contributed by atoms with van der Waals surface area (Å²) >= 11 is 0. The first kappa shape index (κ1) is 27.6. The minimum absolute atomic E-state index is 0.166. The third-order valence-electron chi connectivity index (χ3n) is 6.17. The van der Waals surface area contributed by atoms with Crippen molar-refractivity contribution in [3.8, 4) is 16.9 Å². The second-order valence-corrected chi connectivity index (χ2v) is 8.83. The van der Waals surface area contributed by atoms with E-state index in [4.69, 9.17) is 4.74 Å². The molecular weight excluding hydrogens is 527 g/mol. The summed E-state index contributed by atoms with van der Waals surface area (Å²) < 4.78 is 78.2. The number of halogens is 5. The van der Waals surface area contributed by atoms with Crippen LogP contribution in [-0.4, -0.2) is 49.6 Å². The van der Waals surface area contributed by atoms with Crippen LogP contribution in [0.15, 0.2) is 48.5 Å². The quantitative estimate of drug-likeness (QED) is 0.153. The Morgan fingerprint density at radius 2 is 1.31 bits per heavy atom. The zero-order chi connectivity index (χ0) is 28.4. The predicted octanol–water partition coefficient (Wildman–Crippen LogP) is 4.67. The van der Waals surface area contributed by atoms with E-state index >= 15 is 0 Å². The number of esters is 1. The Morgan fingerprint density at radius 1 is 0.821 bits per heavy atom. The van der Waals surface area contributed by atoms with Gasteiger partial charge in [0.2, 0.25) is 40.7 Å². The van der Waals surface area contributed by atoms with Gasteiger partial charge in [-0.25, -0.2) is 22.8 Å². The average molecular weight is 548 g/mol. The van der Waals surface area contributed by atoms with Gasteiger partial charge in [0, 0.05) is 20.0 Å². The molecule has 0 aromatic heterocycles. The molecule has 0 radical (unpaired) electrons. The maximum atomic E-state index is 14.0. The Bertz CT molecular complexity index is 1390. The summed E-state index contributed by atoms with van der Waals surface area (Å²) in [5.41, 5.74) is 3.72. The van der Waals surface area contributed by atoms with Gasteiger partial charge in [-0.2, -0.15) is 8.78 Å². The summed E-state index contributed by atoms with van der Waals surface area (Å²) in [5.74, 6) is -16.5. The van der Waals surface area contributed by atoms with Crippen LogP contribution in [0.4, 0.5) is 26.7 Å². The van der Waals surface area contributed by atoms with Crippen LogP contribution in [-0.2, 0) is 14.3 Å². The zero-order valence-corrected chi connectivity index (χ0v) is 20.6. The van der Waals surface area contributed by atoms with Gasteiger partial charge >= 0.3 is 12.1 Å². The van der Waals surface area contributed by atoms with Crippen molar-refractivity contribution in [1.82, 2.24) is 10.2 Å². The van der Waals surface area contributed by atoms with Crippen LogP contribution in [0.5, 0.6) is 5.75 Å². The topological polar surface area (TPSA) is 84.9 Å². The highest BCUT2D eigenvalue weighted by molar-refractivity contribution is 5.89. The van der Waals surface area contributed by atoms with E-state index in [1.807, 2.05) is 48.5 Å². The lowest BCUT2D eigenvalue weighted by Crippen LogP contribution is -2.46. The van der Waals surface area contributed by atoms with E-state index in [0.717, 1.165) is 27.2 Å². The van der Waals surface area contributed by atoms with Crippen molar-refractivity contribution in [2.75, 3.05) is 20.7 Å². The lowest BCUT2D eigenvalue weighted by Gasteiger charge is -2.20. The van der Waals surface area contributed by atoms with Crippen molar-refractivity contribution < 1.29 is 45.8 Å². The van der Waals surface area contributed by atoms with Gasteiger partial charge < -0.3 is 19.7 Å². The number of amides is 2. The molecule has 4 rings (SSSR count). The van der Waals surface area contributed by atoms with E-state index in [9.17, 15) is 36.3 Å². The van der Waals surface area contributed by atoms with Gasteiger partial charge in [0.15, 0.2) is 0 Å². The van der Waals surface area contributed by atoms with E-state index in [1.165, 1.54) is 14.1 Å². The van der Waals surface area contributed by atoms with Crippen molar-refractivity contribution in [1.29, 1.82) is 0 Å². The number of benzene rings is 3. The Balaban J connectivity index is 1.51. The molecule has 204 valence electrons. The molecule has 0 fully saturated rings. The summed E-state index contributed by atoms with van der Waals surface area (Å²) in [6.45, 7) is -0.166. The fraction of sp³-hybridized carbons (Fsp3) is 0.222. The van der Waals surface area contributed by atoms with E-state index < -0.39 is 65.3 Å². The molecule has 0 bridgehead atoms. The smallest absolute Gasteiger partial charge is 0.407 e. The third-order valence-corrected chi connectivity index (χ3v) is 6.17. The number of rotatable bonds is 7. The summed E-state index contributed by atoms with van der Waals surface area (Å²) in [6, 6.07) is 13.1. The molecule has 7 nitrogen and oxygen atoms in total. The molecule has 0 unspecified atom stereocenters. The summed E-state index contributed by atoms with van der Waals surface area (Å²) in [5, 5.41) is 2.08. The average Bonchev–Trinajstić information content (AvgIpc) is 3.25. The number of carbonyl (C=O) groups excluding carboxylic acids is 3. The van der Waals surface area contributed by atoms with Crippen LogP contribution < -0.4 is 10.1 Å². The number of fused-ring (bicyclic) bond motifs is 3. The molecule has 0 aliphatic heterocycles. The van der Waals surface area contributed by atoms with Crippen LogP contribution in [0, 0.1) is 29.1 Å². The molecule has 3 aromatic carbocycles. The second kappa shape index (κ2) is 11.1. The SMILES string of the molecule is CN(C)C(=O)C[C@H](NC(=O)OCC1c2ccccc2-c2ccccc21)C(=O)Oc1c(F)c(F)c(F)c(F)c1F. The number of nitrogens with one attached hydrogen (secondary N) is 1. The number of hydrogen-bond donors (Lipinski definition) is 1. The highest BCUT2D eigenvalue weighted by Crippen LogP contribution is 2.44. The number of carbonyl (C=O) groups is 3. The van der Waals surface area contributed by atoms with E-state index in [-0.39, 0.29) is 12.5 Å². The normalized spacial score (nSPS) is 12.8. The standard InChI is InChI=1S/C27H21F5N2O5/c1-34(2)19(35)11-18(26(36)39-25-23(31)21(29)20(28)22(30)24(25)32)33-27(37)38-12-17-15-9-5-3-7-13(15)14-8-4-6-10-16(14)17/h3-10,17-18H,11-12H2,1-2H3,(H,33,37)/t18-/m0/s1. The molecule has 12 heteroatoms. The maximum Gasteiger partial charge on any atom is 0.407 e. The van der Waals surface area contributed by atoms with Crippen LogP contribution in [0.25, 0.3) is 11.1 Å². The zero-order valence-electron chi connectivity index (χ0n) is 20.6. The molecular formula is C27H21F5N2O5. The van der Waals surface area contributed by atoms with Crippen molar-refractivity contribution in [3.63, 3.8) is 0 Å². The van der Waals surface area contributed by atoms with E-state index in [1.54, 1.807) is 0 Å². The van der Waals surface area contributed by atoms with Gasteiger partial charge in [-0.3, -0.25) is 4.79 Å². The Morgan fingerprint density at radius 3 is 1.82 bits per heavy atom. The van der Waals surface area contributed by atoms with Crippen LogP contribution in [0.3, 0.4) is 0 Å². The van der Waals surface area contributed by atoms with Crippen LogP contribution >= 0.6 is 0 Å². The van der Waals surface area contributed by atoms with E-state index in [0.29, 0.717) is 0 Å². The lowest BCUT2D eigenvalue weighted by atomic mass is 9.98. The molecule has 0 spiro atoms. The van der Waals surface area contributed by atoms with Crippen LogP contribution in [0.1, 0.15) is 23.5 Å². The second-order valence-electron chi connectivity index (χ2n) is 8.83. The molecule has 0 saturated carbocycles. The number of ether oxygens (including phenoxy) is 2. The van der Waals surface area contributed by atoms with Gasteiger partial charge in [-0.1, -0.05) is 48.5 Å². The summed E-state index contributed by atoms with van der Waals surface area (Å²) in [6.07, 6.45) is -1.94. The highest BCUT2D eigenvalue weighted by Gasteiger charge is 2.34. The molecule has 2 amide bonds. The van der Waals surface area contributed by atoms with Crippen LogP contribution in [0.2, 0.25) is 0 Å². The monoisotopic (exact) mass is 548 g/mol. The van der Waals surface area contributed by atoms with Gasteiger partial charge in [-0.15, -0.1) is 0 Å². The molecule has 1 aliphatic rings. The number of alkyl carbamates (subject to hydrolysis) is 1. The van der Waals surface area contributed by atoms with Gasteiger partial charge in [0.05, 0.1) is 6.42 Å². The fourth-order valence-corrected chi connectivity index (χ4v) is 4.18. The lowest BCUT2D eigenvalue weighted by molar-refractivity contribution is -0.140. The highest BCUT2D eigenvalue weighted by atomic mass is 19.2. The minimum Gasteiger partial charge on any atom is -0.449 e. The molecule has 1 N–H and O–H groups in total. The van der Waals surface area contributed by atoms with Gasteiger partial charge in [-0.05, 0) is 22.3 Å². The summed E-state index contributed by atoms with van der Waals surface area (Å²) in [4.78, 5) is 38.6. The number of hydrogen-bond acceptors (Lipinski definition) is 5. The molecule has 1 atom stereocenters. The maximum absolute atomic E-state index is 14.0. The molecule has 39 heavy (non-hydrogen) atoms. The van der Waals surface area contributed by atoms with Gasteiger partial charge in [0.1, 0.15) is 12.6 Å². The molecule has 1 aliphatic carbocycles. The Hall–Kier alpha value is -4.48. The van der Waals surface area contributed by atoms with Crippen molar-refractivity contribution in [3.05, 3.63) is 88.7 Å². The predicted molar refractivity (Wildman–Crippen MR) is 127 cm³/mol. The van der Waals surface area contributed by atoms with Crippen molar-refractivity contribution in [2.45, 2.75) is 18.4 Å². The first-order valence-corrected chi connectivity index (χ1v) is 11.6. The Kier molecular flexibility index (Phi) is 7.84. The largest absolute Gasteiger partial charge is 0.449 e. The minimum atomic E-state index is -2.44. The van der Waals surface area contributed by atoms with Crippen molar-refractivity contribution in [2.24, 2.45) is 0 Å². The molecule has 0 heterocycles. The summed E-state index contributed by atoms with van der Waals surface area (Å²) in [7, 11) is 2.67. The molecule has 3 aromatic rings. The first-order valence-electron chi connectivity index (χ1n) is 11.6. The third kappa shape index (κ3) is 5.40. The van der Waals surface area contributed by atoms with E-state index in [2.05, 4.69) is 10.1 Å². The number of nitrogens with zero attached hydrogens (tertiary/aromatic N) is 1. The van der Waals surface area contributed by atoms with Gasteiger partial charge in [0.25, 0.3) is 0 Å². The molecule has 0 saturated heterocycles. The fourth-order valence-electron chi connectivity index (χ4n) is 4.18. The Labute approximate surface area is 219 Å².